The first-order valence-corrected chi connectivity index (χ1v) is 3.96. The van der Waals surface area contributed by atoms with Crippen LogP contribution >= 0.6 is 0 Å². The molecule has 0 unspecified atom stereocenters. The summed E-state index contributed by atoms with van der Waals surface area (Å²) in [5.74, 6) is 0. The lowest BCUT2D eigenvalue weighted by atomic mass is 10.3. The minimum Gasteiger partial charge on any atom is -0.370 e. The van der Waals surface area contributed by atoms with E-state index in [0.29, 0.717) is 0 Å². The molecule has 11 heavy (non-hydrogen) atoms. The third kappa shape index (κ3) is 1.93. The van der Waals surface area contributed by atoms with Gasteiger partial charge in [0.1, 0.15) is 6.20 Å². The second-order valence-electron chi connectivity index (χ2n) is 2.31. The maximum atomic E-state index is 3.93. The fourth-order valence-corrected chi connectivity index (χ4v) is 1.06. The van der Waals surface area contributed by atoms with Crippen LogP contribution in [0.4, 0.5) is 5.69 Å². The minimum absolute atomic E-state index is 1.01. The van der Waals surface area contributed by atoms with Gasteiger partial charge < -0.3 is 4.90 Å². The number of anilines is 1. The summed E-state index contributed by atoms with van der Waals surface area (Å²) in [5.41, 5.74) is 1.08. The van der Waals surface area contributed by atoms with Crippen LogP contribution in [0.2, 0.25) is 0 Å². The Bertz CT molecular complexity index is 192. The van der Waals surface area contributed by atoms with Crippen LogP contribution < -0.4 is 4.90 Å². The molecular weight excluding hydrogens is 136 g/mol. The van der Waals surface area contributed by atoms with Crippen LogP contribution in [0.1, 0.15) is 13.8 Å². The third-order valence-electron chi connectivity index (χ3n) is 1.70. The summed E-state index contributed by atoms with van der Waals surface area (Å²) in [6.45, 7) is 6.28. The van der Waals surface area contributed by atoms with Crippen LogP contribution in [0, 0.1) is 6.20 Å². The maximum absolute atomic E-state index is 3.93. The fourth-order valence-electron chi connectivity index (χ4n) is 1.06. The van der Waals surface area contributed by atoms with Crippen LogP contribution in [0.5, 0.6) is 0 Å². The molecule has 0 amide bonds. The van der Waals surface area contributed by atoms with Gasteiger partial charge in [-0.15, -0.1) is 0 Å². The lowest BCUT2D eigenvalue weighted by Crippen LogP contribution is -2.21. The highest BCUT2D eigenvalue weighted by Gasteiger charge is 1.99. The molecule has 0 atom stereocenters. The molecule has 0 aliphatic rings. The normalized spacial score (nSPS) is 9.64. The van der Waals surface area contributed by atoms with Crippen LogP contribution in [0.15, 0.2) is 18.3 Å². The second-order valence-corrected chi connectivity index (χ2v) is 2.31. The van der Waals surface area contributed by atoms with Crippen LogP contribution in [-0.4, -0.2) is 18.1 Å². The zero-order valence-electron chi connectivity index (χ0n) is 7.04. The quantitative estimate of drug-likeness (QED) is 0.650. The van der Waals surface area contributed by atoms with E-state index < -0.39 is 0 Å². The molecular formula is C9H13N2. The summed E-state index contributed by atoms with van der Waals surface area (Å²) >= 11 is 0. The summed E-state index contributed by atoms with van der Waals surface area (Å²) < 4.78 is 0. The summed E-state index contributed by atoms with van der Waals surface area (Å²) in [5, 5.41) is 0. The molecule has 0 fully saturated rings. The van der Waals surface area contributed by atoms with Gasteiger partial charge in [0.2, 0.25) is 0 Å². The van der Waals surface area contributed by atoms with Gasteiger partial charge >= 0.3 is 0 Å². The topological polar surface area (TPSA) is 16.1 Å². The number of hydrogen-bond acceptors (Lipinski definition) is 2. The van der Waals surface area contributed by atoms with E-state index >= 15 is 0 Å². The fraction of sp³-hybridized carbons (Fsp3) is 0.444. The first kappa shape index (κ1) is 8.05. The van der Waals surface area contributed by atoms with E-state index in [4.69, 9.17) is 0 Å². The number of pyridine rings is 1. The Morgan fingerprint density at radius 2 is 2.18 bits per heavy atom. The first-order chi connectivity index (χ1) is 5.38. The molecule has 0 aliphatic carbocycles. The Morgan fingerprint density at radius 1 is 1.45 bits per heavy atom. The molecule has 1 rings (SSSR count). The highest BCUT2D eigenvalue weighted by molar-refractivity contribution is 5.41. The molecule has 0 spiro atoms. The molecule has 1 aromatic rings. The van der Waals surface area contributed by atoms with Crippen molar-refractivity contribution in [2.75, 3.05) is 18.0 Å². The van der Waals surface area contributed by atoms with Gasteiger partial charge in [0.05, 0.1) is 5.69 Å². The lowest BCUT2D eigenvalue weighted by molar-refractivity contribution is 0.861. The van der Waals surface area contributed by atoms with E-state index in [1.807, 2.05) is 12.1 Å². The van der Waals surface area contributed by atoms with Crippen LogP contribution in [0.25, 0.3) is 0 Å². The highest BCUT2D eigenvalue weighted by Crippen LogP contribution is 2.08. The van der Waals surface area contributed by atoms with E-state index in [1.54, 1.807) is 6.20 Å². The molecule has 1 aromatic heterocycles. The van der Waals surface area contributed by atoms with Gasteiger partial charge in [-0.3, -0.25) is 4.98 Å². The van der Waals surface area contributed by atoms with Gasteiger partial charge in [0.15, 0.2) is 0 Å². The van der Waals surface area contributed by atoms with Gasteiger partial charge in [-0.1, -0.05) is 0 Å². The highest BCUT2D eigenvalue weighted by atomic mass is 15.1. The summed E-state index contributed by atoms with van der Waals surface area (Å²) in [6.07, 6.45) is 4.69. The monoisotopic (exact) mass is 149 g/mol. The first-order valence-electron chi connectivity index (χ1n) is 3.96. The van der Waals surface area contributed by atoms with Crippen molar-refractivity contribution in [1.82, 2.24) is 4.98 Å². The molecule has 0 bridgehead atoms. The van der Waals surface area contributed by atoms with E-state index in [9.17, 15) is 0 Å². The van der Waals surface area contributed by atoms with E-state index in [2.05, 4.69) is 29.9 Å². The maximum Gasteiger partial charge on any atom is 0.114 e. The van der Waals surface area contributed by atoms with Crippen molar-refractivity contribution in [1.29, 1.82) is 0 Å². The average Bonchev–Trinajstić information content (AvgIpc) is 2.09. The summed E-state index contributed by atoms with van der Waals surface area (Å²) in [6, 6.07) is 3.96. The van der Waals surface area contributed by atoms with Gasteiger partial charge in [-0.05, 0) is 26.0 Å². The van der Waals surface area contributed by atoms with Gasteiger partial charge in [0, 0.05) is 19.3 Å². The Kier molecular flexibility index (Phi) is 2.90. The molecule has 2 nitrogen and oxygen atoms in total. The Balaban J connectivity index is 2.74. The SMILES string of the molecule is CCN(CC)c1[c]nccc1. The van der Waals surface area contributed by atoms with Crippen LogP contribution in [-0.2, 0) is 0 Å². The lowest BCUT2D eigenvalue weighted by Gasteiger charge is -2.19. The smallest absolute Gasteiger partial charge is 0.114 e. The predicted octanol–water partition coefficient (Wildman–Crippen LogP) is 1.73. The zero-order valence-corrected chi connectivity index (χ0v) is 7.04. The van der Waals surface area contributed by atoms with Gasteiger partial charge in [0.25, 0.3) is 0 Å². The molecule has 0 aliphatic heterocycles. The molecule has 1 heterocycles. The number of hydrogen-bond donors (Lipinski definition) is 0. The van der Waals surface area contributed by atoms with Crippen LogP contribution in [0.3, 0.4) is 0 Å². The summed E-state index contributed by atoms with van der Waals surface area (Å²) in [4.78, 5) is 6.15. The third-order valence-corrected chi connectivity index (χ3v) is 1.70. The number of aromatic nitrogens is 1. The molecule has 2 heteroatoms. The number of rotatable bonds is 3. The zero-order chi connectivity index (χ0) is 8.10. The largest absolute Gasteiger partial charge is 0.370 e. The van der Waals surface area contributed by atoms with Crippen molar-refractivity contribution < 1.29 is 0 Å². The molecule has 59 valence electrons. The van der Waals surface area contributed by atoms with Crippen molar-refractivity contribution in [3.63, 3.8) is 0 Å². The molecule has 0 N–H and O–H groups in total. The van der Waals surface area contributed by atoms with E-state index in [-0.39, 0.29) is 0 Å². The molecule has 0 saturated heterocycles. The number of nitrogens with zero attached hydrogens (tertiary/aromatic N) is 2. The minimum atomic E-state index is 1.01. The predicted molar refractivity (Wildman–Crippen MR) is 46.6 cm³/mol. The second kappa shape index (κ2) is 3.96. The Labute approximate surface area is 67.9 Å². The average molecular weight is 149 g/mol. The van der Waals surface area contributed by atoms with Crippen molar-refractivity contribution in [2.45, 2.75) is 13.8 Å². The molecule has 1 radical (unpaired) electrons. The van der Waals surface area contributed by atoms with Gasteiger partial charge in [-0.2, -0.15) is 0 Å². The Hall–Kier alpha value is -1.05. The Morgan fingerprint density at radius 3 is 2.64 bits per heavy atom. The van der Waals surface area contributed by atoms with E-state index in [1.165, 1.54) is 0 Å². The van der Waals surface area contributed by atoms with Crippen molar-refractivity contribution >= 4 is 5.69 Å². The van der Waals surface area contributed by atoms with Crippen molar-refractivity contribution in [3.05, 3.63) is 24.5 Å². The molecule has 0 aromatic carbocycles. The standard InChI is InChI=1S/C9H13N2/c1-3-11(4-2)9-6-5-7-10-8-9/h5-7H,3-4H2,1-2H3. The molecule has 0 saturated carbocycles. The van der Waals surface area contributed by atoms with Crippen molar-refractivity contribution in [2.24, 2.45) is 0 Å². The van der Waals surface area contributed by atoms with Gasteiger partial charge in [-0.25, -0.2) is 0 Å². The van der Waals surface area contributed by atoms with E-state index in [0.717, 1.165) is 18.8 Å². The summed E-state index contributed by atoms with van der Waals surface area (Å²) in [7, 11) is 0. The van der Waals surface area contributed by atoms with Crippen molar-refractivity contribution in [3.8, 4) is 0 Å².